The maximum Gasteiger partial charge on any atom is 0.176 e. The number of H-pyrrole nitrogens is 1. The van der Waals surface area contributed by atoms with Crippen LogP contribution in [0.15, 0.2) is 41.1 Å². The van der Waals surface area contributed by atoms with Crippen LogP contribution >= 0.6 is 23.1 Å². The van der Waals surface area contributed by atoms with Gasteiger partial charge in [0.25, 0.3) is 0 Å². The zero-order valence-electron chi connectivity index (χ0n) is 13.5. The maximum atomic E-state index is 4.55. The third-order valence-corrected chi connectivity index (χ3v) is 6.07. The van der Waals surface area contributed by atoms with E-state index in [2.05, 4.69) is 62.2 Å². The molecule has 0 radical (unpaired) electrons. The maximum absolute atomic E-state index is 4.55. The van der Waals surface area contributed by atoms with Crippen molar-refractivity contribution in [3.63, 3.8) is 0 Å². The molecule has 3 aromatic heterocycles. The van der Waals surface area contributed by atoms with E-state index in [4.69, 9.17) is 0 Å². The summed E-state index contributed by atoms with van der Waals surface area (Å²) in [7, 11) is 0. The standard InChI is InChI=1S/C17H17N5S2/c1-3-22(9-11-8-18-13-7-5-4-6-12(11)13)16-14-15(19-10-20-16)21-17(23-2)24-14/h4-8,10,18H,3,9H2,1-2H3. The Morgan fingerprint density at radius 1 is 1.25 bits per heavy atom. The number of anilines is 1. The van der Waals surface area contributed by atoms with Crippen LogP contribution in [0.4, 0.5) is 5.82 Å². The number of thioether (sulfide) groups is 1. The van der Waals surface area contributed by atoms with Gasteiger partial charge >= 0.3 is 0 Å². The Labute approximate surface area is 148 Å². The van der Waals surface area contributed by atoms with Crippen molar-refractivity contribution in [3.8, 4) is 0 Å². The molecule has 0 unspecified atom stereocenters. The first kappa shape index (κ1) is 15.4. The van der Waals surface area contributed by atoms with E-state index in [1.54, 1.807) is 29.4 Å². The van der Waals surface area contributed by atoms with Gasteiger partial charge in [0.05, 0.1) is 0 Å². The van der Waals surface area contributed by atoms with Gasteiger partial charge in [0, 0.05) is 30.2 Å². The Morgan fingerprint density at radius 3 is 2.96 bits per heavy atom. The Kier molecular flexibility index (Phi) is 4.12. The molecule has 3 heterocycles. The van der Waals surface area contributed by atoms with Crippen molar-refractivity contribution in [2.24, 2.45) is 0 Å². The van der Waals surface area contributed by atoms with Crippen molar-refractivity contribution in [1.82, 2.24) is 19.9 Å². The largest absolute Gasteiger partial charge is 0.361 e. The molecule has 1 aromatic carbocycles. The van der Waals surface area contributed by atoms with E-state index in [1.165, 1.54) is 16.5 Å². The van der Waals surface area contributed by atoms with E-state index in [0.717, 1.165) is 33.6 Å². The SMILES string of the molecule is CCN(Cc1c[nH]c2ccccc12)c1ncnc2nc(SC)sc12. The summed E-state index contributed by atoms with van der Waals surface area (Å²) in [6.45, 7) is 3.83. The molecule has 122 valence electrons. The summed E-state index contributed by atoms with van der Waals surface area (Å²) in [5.41, 5.74) is 3.22. The third kappa shape index (κ3) is 2.63. The molecular weight excluding hydrogens is 338 g/mol. The number of fused-ring (bicyclic) bond motifs is 2. The second-order valence-electron chi connectivity index (χ2n) is 5.41. The third-order valence-electron chi connectivity index (χ3n) is 4.04. The van der Waals surface area contributed by atoms with Crippen LogP contribution in [-0.4, -0.2) is 32.7 Å². The number of benzene rings is 1. The van der Waals surface area contributed by atoms with Crippen LogP contribution in [0.1, 0.15) is 12.5 Å². The van der Waals surface area contributed by atoms with Crippen LogP contribution in [0.5, 0.6) is 0 Å². The summed E-state index contributed by atoms with van der Waals surface area (Å²) < 4.78 is 2.08. The van der Waals surface area contributed by atoms with E-state index < -0.39 is 0 Å². The van der Waals surface area contributed by atoms with Gasteiger partial charge < -0.3 is 9.88 Å². The first-order chi connectivity index (χ1) is 11.8. The molecule has 0 aliphatic carbocycles. The molecule has 0 aliphatic heterocycles. The molecule has 24 heavy (non-hydrogen) atoms. The highest BCUT2D eigenvalue weighted by atomic mass is 32.2. The summed E-state index contributed by atoms with van der Waals surface area (Å²) in [5.74, 6) is 0.964. The second kappa shape index (κ2) is 6.41. The molecule has 5 nitrogen and oxygen atoms in total. The normalized spacial score (nSPS) is 11.4. The lowest BCUT2D eigenvalue weighted by Gasteiger charge is -2.21. The minimum absolute atomic E-state index is 0.784. The smallest absolute Gasteiger partial charge is 0.176 e. The van der Waals surface area contributed by atoms with Crippen LogP contribution in [0, 0.1) is 0 Å². The van der Waals surface area contributed by atoms with Crippen molar-refractivity contribution < 1.29 is 0 Å². The molecule has 0 atom stereocenters. The van der Waals surface area contributed by atoms with Gasteiger partial charge in [-0.1, -0.05) is 30.0 Å². The second-order valence-corrected chi connectivity index (χ2v) is 7.46. The molecule has 0 saturated carbocycles. The van der Waals surface area contributed by atoms with Gasteiger partial charge in [-0.15, -0.1) is 11.3 Å². The molecule has 0 spiro atoms. The summed E-state index contributed by atoms with van der Waals surface area (Å²) in [4.78, 5) is 19.0. The minimum atomic E-state index is 0.784. The van der Waals surface area contributed by atoms with Crippen molar-refractivity contribution in [2.45, 2.75) is 17.8 Å². The van der Waals surface area contributed by atoms with Gasteiger partial charge in [0.2, 0.25) is 0 Å². The lowest BCUT2D eigenvalue weighted by molar-refractivity contribution is 0.821. The molecular formula is C17H17N5S2. The fourth-order valence-electron chi connectivity index (χ4n) is 2.84. The summed E-state index contributed by atoms with van der Waals surface area (Å²) >= 11 is 3.31. The molecule has 7 heteroatoms. The first-order valence-corrected chi connectivity index (χ1v) is 9.79. The fourth-order valence-corrected chi connectivity index (χ4v) is 4.37. The van der Waals surface area contributed by atoms with Crippen molar-refractivity contribution in [3.05, 3.63) is 42.4 Å². The van der Waals surface area contributed by atoms with E-state index in [1.807, 2.05) is 6.26 Å². The molecule has 0 saturated heterocycles. The quantitative estimate of drug-likeness (QED) is 0.540. The number of rotatable bonds is 5. The molecule has 1 N–H and O–H groups in total. The summed E-state index contributed by atoms with van der Waals surface area (Å²) in [6.07, 6.45) is 5.74. The molecule has 4 aromatic rings. The minimum Gasteiger partial charge on any atom is -0.361 e. The molecule has 0 aliphatic rings. The van der Waals surface area contributed by atoms with Gasteiger partial charge in [-0.2, -0.15) is 0 Å². The van der Waals surface area contributed by atoms with E-state index in [9.17, 15) is 0 Å². The van der Waals surface area contributed by atoms with Crippen LogP contribution < -0.4 is 4.90 Å². The number of aromatic amines is 1. The number of nitrogens with zero attached hydrogens (tertiary/aromatic N) is 4. The Morgan fingerprint density at radius 2 is 2.12 bits per heavy atom. The zero-order chi connectivity index (χ0) is 16.5. The predicted molar refractivity (Wildman–Crippen MR) is 102 cm³/mol. The lowest BCUT2D eigenvalue weighted by atomic mass is 10.1. The molecule has 0 fully saturated rings. The fraction of sp³-hybridized carbons (Fsp3) is 0.235. The highest BCUT2D eigenvalue weighted by Gasteiger charge is 2.16. The summed E-state index contributed by atoms with van der Waals surface area (Å²) in [5, 5.41) is 1.26. The van der Waals surface area contributed by atoms with Gasteiger partial charge in [-0.3, -0.25) is 0 Å². The number of aromatic nitrogens is 4. The highest BCUT2D eigenvalue weighted by Crippen LogP contribution is 2.33. The number of hydrogen-bond donors (Lipinski definition) is 1. The zero-order valence-corrected chi connectivity index (χ0v) is 15.1. The number of thiazole rings is 1. The Balaban J connectivity index is 1.75. The van der Waals surface area contributed by atoms with Crippen LogP contribution in [-0.2, 0) is 6.54 Å². The van der Waals surface area contributed by atoms with Crippen molar-refractivity contribution >= 4 is 50.2 Å². The number of hydrogen-bond acceptors (Lipinski definition) is 6. The topological polar surface area (TPSA) is 57.7 Å². The summed E-state index contributed by atoms with van der Waals surface area (Å²) in [6, 6.07) is 8.39. The number of para-hydroxylation sites is 1. The predicted octanol–water partition coefficient (Wildman–Crippen LogP) is 4.32. The van der Waals surface area contributed by atoms with Crippen LogP contribution in [0.25, 0.3) is 21.3 Å². The number of nitrogens with one attached hydrogen (secondary N) is 1. The van der Waals surface area contributed by atoms with Gasteiger partial charge in [-0.25, -0.2) is 15.0 Å². The van der Waals surface area contributed by atoms with Crippen LogP contribution in [0.2, 0.25) is 0 Å². The van der Waals surface area contributed by atoms with E-state index in [-0.39, 0.29) is 0 Å². The molecule has 0 amide bonds. The van der Waals surface area contributed by atoms with E-state index in [0.29, 0.717) is 0 Å². The van der Waals surface area contributed by atoms with Gasteiger partial charge in [0.1, 0.15) is 11.0 Å². The first-order valence-electron chi connectivity index (χ1n) is 7.75. The Hall–Kier alpha value is -2.12. The van der Waals surface area contributed by atoms with Gasteiger partial charge in [-0.05, 0) is 24.8 Å². The van der Waals surface area contributed by atoms with Crippen LogP contribution in [0.3, 0.4) is 0 Å². The molecule has 4 rings (SSSR count). The monoisotopic (exact) mass is 355 g/mol. The Bertz CT molecular complexity index is 991. The van der Waals surface area contributed by atoms with E-state index >= 15 is 0 Å². The van der Waals surface area contributed by atoms with Crippen molar-refractivity contribution in [1.29, 1.82) is 0 Å². The lowest BCUT2D eigenvalue weighted by Crippen LogP contribution is -2.23. The highest BCUT2D eigenvalue weighted by molar-refractivity contribution is 8.00. The average molecular weight is 355 g/mol. The van der Waals surface area contributed by atoms with Crippen molar-refractivity contribution in [2.75, 3.05) is 17.7 Å². The average Bonchev–Trinajstić information content (AvgIpc) is 3.23. The van der Waals surface area contributed by atoms with Gasteiger partial charge in [0.15, 0.2) is 15.8 Å². The molecule has 0 bridgehead atoms.